The van der Waals surface area contributed by atoms with Crippen LogP contribution in [0.15, 0.2) is 48.7 Å². The summed E-state index contributed by atoms with van der Waals surface area (Å²) in [6.45, 7) is 4.25. The van der Waals surface area contributed by atoms with E-state index in [0.717, 1.165) is 5.56 Å². The first-order valence-corrected chi connectivity index (χ1v) is 10.3. The van der Waals surface area contributed by atoms with Crippen LogP contribution in [0.1, 0.15) is 45.8 Å². The Morgan fingerprint density at radius 2 is 1.94 bits per heavy atom. The van der Waals surface area contributed by atoms with Gasteiger partial charge in [-0.25, -0.2) is 9.78 Å². The fourth-order valence-electron chi connectivity index (χ4n) is 3.06. The van der Waals surface area contributed by atoms with Gasteiger partial charge in [-0.3, -0.25) is 9.78 Å². The number of carbonyl (C=O) groups is 2. The lowest BCUT2D eigenvalue weighted by atomic mass is 10.0. The smallest absolute Gasteiger partial charge is 0.338 e. The molecule has 0 saturated carbocycles. The number of nitrogen functional groups attached to an aromatic ring is 1. The average Bonchev–Trinajstić information content (AvgIpc) is 2.83. The monoisotopic (exact) mass is 445 g/mol. The number of nitriles is 1. The van der Waals surface area contributed by atoms with Gasteiger partial charge in [0.15, 0.2) is 0 Å². The molecule has 2 aromatic heterocycles. The highest BCUT2D eigenvalue weighted by molar-refractivity contribution is 5.96. The van der Waals surface area contributed by atoms with Crippen molar-refractivity contribution in [1.82, 2.24) is 15.3 Å². The number of pyridine rings is 2. The molecule has 0 atom stereocenters. The van der Waals surface area contributed by atoms with Crippen molar-refractivity contribution in [1.29, 1.82) is 5.26 Å². The Bertz CT molecular complexity index is 1200. The fourth-order valence-corrected chi connectivity index (χ4v) is 3.06. The van der Waals surface area contributed by atoms with Gasteiger partial charge >= 0.3 is 5.97 Å². The Labute approximate surface area is 191 Å². The third kappa shape index (κ3) is 5.43. The van der Waals surface area contributed by atoms with Crippen LogP contribution >= 0.6 is 0 Å². The second-order valence-electron chi connectivity index (χ2n) is 6.82. The van der Waals surface area contributed by atoms with Crippen LogP contribution in [0.2, 0.25) is 0 Å². The van der Waals surface area contributed by atoms with Crippen LogP contribution in [0.25, 0.3) is 11.3 Å². The molecule has 0 fully saturated rings. The van der Waals surface area contributed by atoms with E-state index in [4.69, 9.17) is 15.2 Å². The Balaban J connectivity index is 1.73. The van der Waals surface area contributed by atoms with Crippen LogP contribution < -0.4 is 15.8 Å². The molecule has 0 radical (unpaired) electrons. The predicted molar refractivity (Wildman–Crippen MR) is 121 cm³/mol. The van der Waals surface area contributed by atoms with Gasteiger partial charge in [-0.2, -0.15) is 5.26 Å². The molecule has 0 aliphatic carbocycles. The molecule has 0 spiro atoms. The molecule has 0 saturated heterocycles. The van der Waals surface area contributed by atoms with E-state index in [9.17, 15) is 14.9 Å². The first kappa shape index (κ1) is 23.2. The van der Waals surface area contributed by atoms with E-state index < -0.39 is 11.9 Å². The summed E-state index contributed by atoms with van der Waals surface area (Å²) >= 11 is 0. The molecule has 3 aromatic rings. The SMILES string of the molecule is CCOC(=O)c1ccccc1-c1ccc(CNC(=O)c2cc(N)c(C#N)c(OCC)n2)cn1. The summed E-state index contributed by atoms with van der Waals surface area (Å²) in [5.74, 6) is -0.854. The maximum atomic E-state index is 12.6. The molecule has 9 nitrogen and oxygen atoms in total. The number of nitrogens with two attached hydrogens (primary N) is 1. The van der Waals surface area contributed by atoms with E-state index in [1.54, 1.807) is 50.4 Å². The van der Waals surface area contributed by atoms with Crippen LogP contribution in [0.3, 0.4) is 0 Å². The van der Waals surface area contributed by atoms with Crippen molar-refractivity contribution >= 4 is 17.6 Å². The molecule has 0 aliphatic heterocycles. The summed E-state index contributed by atoms with van der Waals surface area (Å²) < 4.78 is 10.4. The minimum absolute atomic E-state index is 0.0245. The second-order valence-corrected chi connectivity index (χ2v) is 6.82. The van der Waals surface area contributed by atoms with Gasteiger partial charge in [0, 0.05) is 18.3 Å². The zero-order chi connectivity index (χ0) is 23.8. The summed E-state index contributed by atoms with van der Waals surface area (Å²) in [5.41, 5.74) is 8.57. The molecule has 1 aromatic carbocycles. The van der Waals surface area contributed by atoms with Gasteiger partial charge in [0.2, 0.25) is 5.88 Å². The van der Waals surface area contributed by atoms with E-state index in [0.29, 0.717) is 16.8 Å². The molecular formula is C24H23N5O4. The number of carbonyl (C=O) groups excluding carboxylic acids is 2. The standard InChI is InChI=1S/C24H23N5O4/c1-3-32-23-18(12-25)19(26)11-21(29-23)22(30)28-14-15-9-10-20(27-13-15)16-7-5-6-8-17(16)24(31)33-4-2/h5-11,13H,3-4,14H2,1-2H3,(H2,26,29)(H,28,30). The van der Waals surface area contributed by atoms with Gasteiger partial charge in [-0.15, -0.1) is 0 Å². The van der Waals surface area contributed by atoms with Crippen molar-refractivity contribution in [3.05, 3.63) is 71.0 Å². The number of amides is 1. The first-order valence-electron chi connectivity index (χ1n) is 10.3. The van der Waals surface area contributed by atoms with Gasteiger partial charge in [-0.05, 0) is 37.6 Å². The summed E-state index contributed by atoms with van der Waals surface area (Å²) in [5, 5.41) is 11.9. The summed E-state index contributed by atoms with van der Waals surface area (Å²) in [6, 6.07) is 13.9. The van der Waals surface area contributed by atoms with E-state index in [2.05, 4.69) is 15.3 Å². The number of benzene rings is 1. The lowest BCUT2D eigenvalue weighted by Crippen LogP contribution is -2.24. The number of hydrogen-bond acceptors (Lipinski definition) is 8. The van der Waals surface area contributed by atoms with E-state index in [-0.39, 0.29) is 42.6 Å². The molecule has 168 valence electrons. The highest BCUT2D eigenvalue weighted by atomic mass is 16.5. The Hall–Kier alpha value is -4.45. The molecule has 0 unspecified atom stereocenters. The lowest BCUT2D eigenvalue weighted by molar-refractivity contribution is 0.0527. The van der Waals surface area contributed by atoms with Gasteiger partial charge < -0.3 is 20.5 Å². The van der Waals surface area contributed by atoms with E-state index in [1.807, 2.05) is 12.1 Å². The van der Waals surface area contributed by atoms with Crippen LogP contribution in [-0.2, 0) is 11.3 Å². The normalized spacial score (nSPS) is 10.2. The highest BCUT2D eigenvalue weighted by Crippen LogP contribution is 2.24. The third-order valence-corrected chi connectivity index (χ3v) is 4.62. The topological polar surface area (TPSA) is 140 Å². The van der Waals surface area contributed by atoms with Gasteiger partial charge in [-0.1, -0.05) is 24.3 Å². The summed E-state index contributed by atoms with van der Waals surface area (Å²) in [6.07, 6.45) is 1.61. The quantitative estimate of drug-likeness (QED) is 0.504. The van der Waals surface area contributed by atoms with Crippen LogP contribution in [0.4, 0.5) is 5.69 Å². The Morgan fingerprint density at radius 3 is 2.61 bits per heavy atom. The molecule has 2 heterocycles. The average molecular weight is 445 g/mol. The zero-order valence-corrected chi connectivity index (χ0v) is 18.3. The number of esters is 1. The molecular weight excluding hydrogens is 422 g/mol. The summed E-state index contributed by atoms with van der Waals surface area (Å²) in [4.78, 5) is 33.3. The van der Waals surface area contributed by atoms with Crippen LogP contribution in [0.5, 0.6) is 5.88 Å². The number of ether oxygens (including phenoxy) is 2. The van der Waals surface area contributed by atoms with Crippen molar-refractivity contribution < 1.29 is 19.1 Å². The number of aromatic nitrogens is 2. The lowest BCUT2D eigenvalue weighted by Gasteiger charge is -2.11. The molecule has 9 heteroatoms. The van der Waals surface area contributed by atoms with Gasteiger partial charge in [0.1, 0.15) is 17.3 Å². The zero-order valence-electron chi connectivity index (χ0n) is 18.3. The van der Waals surface area contributed by atoms with E-state index in [1.165, 1.54) is 6.07 Å². The van der Waals surface area contributed by atoms with Crippen LogP contribution in [0, 0.1) is 11.3 Å². The molecule has 0 bridgehead atoms. The molecule has 1 amide bonds. The number of nitrogens with zero attached hydrogens (tertiary/aromatic N) is 3. The molecule has 0 aliphatic rings. The van der Waals surface area contributed by atoms with E-state index >= 15 is 0 Å². The second kappa shape index (κ2) is 10.7. The first-order chi connectivity index (χ1) is 16.0. The minimum Gasteiger partial charge on any atom is -0.477 e. The predicted octanol–water partition coefficient (Wildman–Crippen LogP) is 3.10. The molecule has 33 heavy (non-hydrogen) atoms. The maximum absolute atomic E-state index is 12.6. The fraction of sp³-hybridized carbons (Fsp3) is 0.208. The summed E-state index contributed by atoms with van der Waals surface area (Å²) in [7, 11) is 0. The Kier molecular flexibility index (Phi) is 7.55. The van der Waals surface area contributed by atoms with Crippen molar-refractivity contribution in [3.8, 4) is 23.2 Å². The van der Waals surface area contributed by atoms with Crippen molar-refractivity contribution in [2.24, 2.45) is 0 Å². The maximum Gasteiger partial charge on any atom is 0.338 e. The molecule has 3 rings (SSSR count). The third-order valence-electron chi connectivity index (χ3n) is 4.62. The number of nitrogens with one attached hydrogen (secondary N) is 1. The van der Waals surface area contributed by atoms with Gasteiger partial charge in [0.05, 0.1) is 30.2 Å². The number of hydrogen-bond donors (Lipinski definition) is 2. The Morgan fingerprint density at radius 1 is 1.15 bits per heavy atom. The molecule has 3 N–H and O–H groups in total. The largest absolute Gasteiger partial charge is 0.477 e. The van der Waals surface area contributed by atoms with Crippen molar-refractivity contribution in [2.45, 2.75) is 20.4 Å². The minimum atomic E-state index is -0.469. The highest BCUT2D eigenvalue weighted by Gasteiger charge is 2.17. The number of rotatable bonds is 8. The van der Waals surface area contributed by atoms with Gasteiger partial charge in [0.25, 0.3) is 5.91 Å². The number of anilines is 1. The van der Waals surface area contributed by atoms with Crippen molar-refractivity contribution in [3.63, 3.8) is 0 Å². The van der Waals surface area contributed by atoms with Crippen LogP contribution in [-0.4, -0.2) is 35.1 Å². The van der Waals surface area contributed by atoms with Crippen molar-refractivity contribution in [2.75, 3.05) is 18.9 Å².